The van der Waals surface area contributed by atoms with E-state index in [-0.39, 0.29) is 11.9 Å². The summed E-state index contributed by atoms with van der Waals surface area (Å²) >= 11 is 0. The Morgan fingerprint density at radius 3 is 2.47 bits per heavy atom. The molecule has 7 heteroatoms. The second-order valence-corrected chi connectivity index (χ2v) is 7.64. The van der Waals surface area contributed by atoms with Gasteiger partial charge in [-0.2, -0.15) is 5.26 Å². The van der Waals surface area contributed by atoms with Crippen LogP contribution in [0.15, 0.2) is 42.5 Å². The number of nitrogens with zero attached hydrogens (tertiary/aromatic N) is 3. The topological polar surface area (TPSA) is 77.8 Å². The summed E-state index contributed by atoms with van der Waals surface area (Å²) in [7, 11) is 0. The highest BCUT2D eigenvalue weighted by Gasteiger charge is 2.26. The summed E-state index contributed by atoms with van der Waals surface area (Å²) in [5.74, 6) is 1.36. The minimum absolute atomic E-state index is 0.0211. The van der Waals surface area contributed by atoms with Gasteiger partial charge in [-0.3, -0.25) is 14.6 Å². The summed E-state index contributed by atoms with van der Waals surface area (Å²) in [4.78, 5) is 17.3. The number of anilines is 1. The molecule has 2 aromatic carbocycles. The van der Waals surface area contributed by atoms with Gasteiger partial charge < -0.3 is 14.8 Å². The fourth-order valence-corrected chi connectivity index (χ4v) is 3.79. The van der Waals surface area contributed by atoms with Crippen LogP contribution in [0.25, 0.3) is 0 Å². The van der Waals surface area contributed by atoms with Gasteiger partial charge in [-0.15, -0.1) is 0 Å². The van der Waals surface area contributed by atoms with Crippen molar-refractivity contribution in [1.82, 2.24) is 9.80 Å². The molecule has 1 N–H and O–H groups in total. The molecule has 2 heterocycles. The maximum absolute atomic E-state index is 12.7. The van der Waals surface area contributed by atoms with E-state index < -0.39 is 0 Å². The van der Waals surface area contributed by atoms with E-state index in [4.69, 9.17) is 14.7 Å². The molecule has 4 rings (SSSR count). The molecule has 2 aromatic rings. The maximum Gasteiger partial charge on any atom is 0.241 e. The first-order valence-corrected chi connectivity index (χ1v) is 10.3. The summed E-state index contributed by atoms with van der Waals surface area (Å²) in [6.07, 6.45) is 0. The van der Waals surface area contributed by atoms with Crippen LogP contribution in [-0.2, 0) is 11.3 Å². The highest BCUT2D eigenvalue weighted by atomic mass is 16.6. The lowest BCUT2D eigenvalue weighted by Crippen LogP contribution is -2.52. The van der Waals surface area contributed by atoms with Crippen LogP contribution in [-0.4, -0.2) is 61.1 Å². The Labute approximate surface area is 176 Å². The van der Waals surface area contributed by atoms with Crippen molar-refractivity contribution < 1.29 is 14.3 Å². The van der Waals surface area contributed by atoms with Crippen molar-refractivity contribution in [3.63, 3.8) is 0 Å². The molecule has 1 fully saturated rings. The molecule has 1 atom stereocenters. The Hall–Kier alpha value is -3.08. The summed E-state index contributed by atoms with van der Waals surface area (Å²) in [5, 5.41) is 11.9. The third-order valence-corrected chi connectivity index (χ3v) is 5.63. The molecule has 30 heavy (non-hydrogen) atoms. The van der Waals surface area contributed by atoms with Crippen molar-refractivity contribution in [2.45, 2.75) is 19.5 Å². The van der Waals surface area contributed by atoms with Gasteiger partial charge >= 0.3 is 0 Å². The Morgan fingerprint density at radius 1 is 1.07 bits per heavy atom. The van der Waals surface area contributed by atoms with E-state index in [1.165, 1.54) is 5.56 Å². The third kappa shape index (κ3) is 4.73. The van der Waals surface area contributed by atoms with Crippen LogP contribution in [0.3, 0.4) is 0 Å². The van der Waals surface area contributed by atoms with Gasteiger partial charge in [-0.1, -0.05) is 12.1 Å². The number of hydrogen-bond donors (Lipinski definition) is 1. The highest BCUT2D eigenvalue weighted by Crippen LogP contribution is 2.32. The van der Waals surface area contributed by atoms with Crippen LogP contribution < -0.4 is 14.8 Å². The summed E-state index contributed by atoms with van der Waals surface area (Å²) in [5.41, 5.74) is 2.60. The van der Waals surface area contributed by atoms with E-state index in [0.29, 0.717) is 30.3 Å². The van der Waals surface area contributed by atoms with Crippen LogP contribution in [0.4, 0.5) is 5.69 Å². The predicted octanol–water partition coefficient (Wildman–Crippen LogP) is 2.47. The zero-order chi connectivity index (χ0) is 20.9. The number of fused-ring (bicyclic) bond motifs is 1. The van der Waals surface area contributed by atoms with Crippen LogP contribution in [0.1, 0.15) is 18.1 Å². The molecule has 0 bridgehead atoms. The number of benzene rings is 2. The molecule has 0 radical (unpaired) electrons. The molecule has 7 nitrogen and oxygen atoms in total. The van der Waals surface area contributed by atoms with Gasteiger partial charge in [-0.25, -0.2) is 0 Å². The van der Waals surface area contributed by atoms with Crippen molar-refractivity contribution in [1.29, 1.82) is 5.26 Å². The molecule has 1 amide bonds. The fraction of sp³-hybridized carbons (Fsp3) is 0.391. The average molecular weight is 406 g/mol. The number of nitriles is 1. The normalized spacial score (nSPS) is 17.7. The lowest BCUT2D eigenvalue weighted by Gasteiger charge is -2.37. The molecule has 0 aromatic heterocycles. The van der Waals surface area contributed by atoms with Crippen molar-refractivity contribution in [3.8, 4) is 17.6 Å². The molecule has 156 valence electrons. The van der Waals surface area contributed by atoms with E-state index >= 15 is 0 Å². The van der Waals surface area contributed by atoms with Crippen molar-refractivity contribution in [2.24, 2.45) is 0 Å². The first-order chi connectivity index (χ1) is 14.6. The number of piperazine rings is 1. The monoisotopic (exact) mass is 406 g/mol. The molecule has 1 saturated heterocycles. The van der Waals surface area contributed by atoms with E-state index in [1.54, 1.807) is 0 Å². The zero-order valence-corrected chi connectivity index (χ0v) is 17.1. The fourth-order valence-electron chi connectivity index (χ4n) is 3.79. The van der Waals surface area contributed by atoms with E-state index in [2.05, 4.69) is 21.2 Å². The van der Waals surface area contributed by atoms with Gasteiger partial charge in [0.1, 0.15) is 13.2 Å². The molecule has 2 aliphatic rings. The molecule has 2 aliphatic heterocycles. The minimum Gasteiger partial charge on any atom is -0.486 e. The van der Waals surface area contributed by atoms with Gasteiger partial charge in [0.15, 0.2) is 11.5 Å². The van der Waals surface area contributed by atoms with Gasteiger partial charge in [0, 0.05) is 44.5 Å². The summed E-state index contributed by atoms with van der Waals surface area (Å²) < 4.78 is 11.1. The van der Waals surface area contributed by atoms with Crippen molar-refractivity contribution in [3.05, 3.63) is 53.6 Å². The number of amides is 1. The third-order valence-electron chi connectivity index (χ3n) is 5.63. The quantitative estimate of drug-likeness (QED) is 0.822. The first-order valence-electron chi connectivity index (χ1n) is 10.3. The highest BCUT2D eigenvalue weighted by molar-refractivity contribution is 5.94. The molecule has 0 saturated carbocycles. The summed E-state index contributed by atoms with van der Waals surface area (Å²) in [6.45, 7) is 7.36. The molecule has 0 spiro atoms. The van der Waals surface area contributed by atoms with Gasteiger partial charge in [0.2, 0.25) is 5.91 Å². The van der Waals surface area contributed by atoms with Crippen molar-refractivity contribution >= 4 is 11.6 Å². The van der Waals surface area contributed by atoms with Crippen LogP contribution in [0.5, 0.6) is 11.5 Å². The van der Waals surface area contributed by atoms with Gasteiger partial charge in [0.25, 0.3) is 0 Å². The Bertz CT molecular complexity index is 930. The number of ether oxygens (including phenoxy) is 2. The van der Waals surface area contributed by atoms with Gasteiger partial charge in [-0.05, 0) is 36.8 Å². The smallest absolute Gasteiger partial charge is 0.241 e. The molecular weight excluding hydrogens is 380 g/mol. The molecule has 0 unspecified atom stereocenters. The largest absolute Gasteiger partial charge is 0.486 e. The number of hydrogen-bond acceptors (Lipinski definition) is 6. The predicted molar refractivity (Wildman–Crippen MR) is 114 cm³/mol. The molecule has 0 aliphatic carbocycles. The number of carbonyl (C=O) groups is 1. The van der Waals surface area contributed by atoms with Crippen LogP contribution in [0, 0.1) is 11.3 Å². The van der Waals surface area contributed by atoms with E-state index in [0.717, 1.165) is 38.4 Å². The Kier molecular flexibility index (Phi) is 6.17. The Morgan fingerprint density at radius 2 is 1.77 bits per heavy atom. The van der Waals surface area contributed by atoms with E-state index in [9.17, 15) is 4.79 Å². The lowest BCUT2D eigenvalue weighted by atomic mass is 10.1. The van der Waals surface area contributed by atoms with Gasteiger partial charge in [0.05, 0.1) is 17.7 Å². The Balaban J connectivity index is 1.27. The zero-order valence-electron chi connectivity index (χ0n) is 17.1. The molecular formula is C23H26N4O3. The minimum atomic E-state index is -0.213. The first kappa shape index (κ1) is 20.2. The second kappa shape index (κ2) is 9.16. The van der Waals surface area contributed by atoms with Crippen molar-refractivity contribution in [2.75, 3.05) is 44.7 Å². The lowest BCUT2D eigenvalue weighted by molar-refractivity contribution is -0.121. The van der Waals surface area contributed by atoms with Crippen LogP contribution >= 0.6 is 0 Å². The van der Waals surface area contributed by atoms with Crippen LogP contribution in [0.2, 0.25) is 0 Å². The van der Waals surface area contributed by atoms with E-state index in [1.807, 2.05) is 49.4 Å². The number of carbonyl (C=O) groups excluding carboxylic acids is 1. The average Bonchev–Trinajstić information content (AvgIpc) is 2.79. The number of nitrogens with one attached hydrogen (secondary N) is 1. The SMILES string of the molecule is C[C@@H](C(=O)Nc1ccc2c(c1)OCCO2)N1CCN(Cc2ccc(C#N)cc2)CC1. The second-order valence-electron chi connectivity index (χ2n) is 7.64. The number of rotatable bonds is 5. The maximum atomic E-state index is 12.7. The summed E-state index contributed by atoms with van der Waals surface area (Å²) in [6, 6.07) is 15.2. The standard InChI is InChI=1S/C23H26N4O3/c1-17(23(28)25-20-6-7-21-22(14-20)30-13-12-29-21)27-10-8-26(9-11-27)16-19-4-2-18(15-24)3-5-19/h2-7,14,17H,8-13,16H2,1H3,(H,25,28)/t17-/m0/s1.